The van der Waals surface area contributed by atoms with Crippen LogP contribution in [0.4, 0.5) is 4.39 Å². The highest BCUT2D eigenvalue weighted by molar-refractivity contribution is 5.80. The van der Waals surface area contributed by atoms with Crippen LogP contribution < -0.4 is 15.4 Å². The van der Waals surface area contributed by atoms with Gasteiger partial charge in [0.2, 0.25) is 0 Å². The molecule has 0 bridgehead atoms. The molecule has 6 heteroatoms. The summed E-state index contributed by atoms with van der Waals surface area (Å²) in [5.41, 5.74) is 1.58. The van der Waals surface area contributed by atoms with Crippen LogP contribution in [0.5, 0.6) is 5.75 Å². The molecule has 3 rings (SSSR count). The Bertz CT molecular complexity index is 917. The van der Waals surface area contributed by atoms with Crippen molar-refractivity contribution in [2.75, 3.05) is 6.54 Å². The largest absolute Gasteiger partial charge is 0.487 e. The van der Waals surface area contributed by atoms with Crippen LogP contribution in [0.3, 0.4) is 0 Å². The second-order valence-electron chi connectivity index (χ2n) is 7.41. The van der Waals surface area contributed by atoms with E-state index in [9.17, 15) is 4.39 Å². The molecule has 2 N–H and O–H groups in total. The van der Waals surface area contributed by atoms with Gasteiger partial charge in [0.15, 0.2) is 5.96 Å². The zero-order valence-corrected chi connectivity index (χ0v) is 16.4. The first kappa shape index (κ1) is 19.7. The van der Waals surface area contributed by atoms with Gasteiger partial charge in [0.25, 0.3) is 0 Å². The predicted molar refractivity (Wildman–Crippen MR) is 108 cm³/mol. The average molecular weight is 380 g/mol. The molecule has 0 amide bonds. The van der Waals surface area contributed by atoms with Crippen LogP contribution in [0.15, 0.2) is 47.5 Å². The molecule has 1 heterocycles. The smallest absolute Gasteiger partial charge is 0.192 e. The van der Waals surface area contributed by atoms with Crippen LogP contribution in [-0.4, -0.2) is 18.1 Å². The normalized spacial score (nSPS) is 17.8. The lowest BCUT2D eigenvalue weighted by Crippen LogP contribution is -2.45. The second-order valence-corrected chi connectivity index (χ2v) is 7.41. The number of hydrogen-bond donors (Lipinski definition) is 2. The molecule has 1 unspecified atom stereocenters. The molecule has 2 aromatic carbocycles. The highest BCUT2D eigenvalue weighted by Crippen LogP contribution is 2.39. The van der Waals surface area contributed by atoms with E-state index in [2.05, 4.69) is 29.5 Å². The molecule has 0 fully saturated rings. The van der Waals surface area contributed by atoms with Gasteiger partial charge in [-0.1, -0.05) is 18.2 Å². The van der Waals surface area contributed by atoms with Gasteiger partial charge in [0.05, 0.1) is 24.2 Å². The Kier molecular flexibility index (Phi) is 5.84. The lowest BCUT2D eigenvalue weighted by Gasteiger charge is -2.38. The average Bonchev–Trinajstić information content (AvgIpc) is 2.66. The Balaban J connectivity index is 1.83. The summed E-state index contributed by atoms with van der Waals surface area (Å²) >= 11 is 0. The number of para-hydroxylation sites is 1. The van der Waals surface area contributed by atoms with E-state index >= 15 is 0 Å². The summed E-state index contributed by atoms with van der Waals surface area (Å²) in [6.45, 7) is 6.93. The van der Waals surface area contributed by atoms with Gasteiger partial charge in [-0.05, 0) is 45.0 Å². The quantitative estimate of drug-likeness (QED) is 0.620. The third-order valence-electron chi connectivity index (χ3n) is 4.61. The summed E-state index contributed by atoms with van der Waals surface area (Å²) in [6.07, 6.45) is 0.771. The molecule has 0 aromatic heterocycles. The molecule has 0 spiro atoms. The van der Waals surface area contributed by atoms with Crippen molar-refractivity contribution in [3.63, 3.8) is 0 Å². The maximum atomic E-state index is 14.1. The zero-order valence-electron chi connectivity index (χ0n) is 16.4. The third kappa shape index (κ3) is 4.61. The Hall–Kier alpha value is -3.07. The Morgan fingerprint density at radius 3 is 2.86 bits per heavy atom. The van der Waals surface area contributed by atoms with Crippen LogP contribution in [0.25, 0.3) is 0 Å². The van der Waals surface area contributed by atoms with Crippen molar-refractivity contribution in [3.05, 3.63) is 65.0 Å². The van der Waals surface area contributed by atoms with Gasteiger partial charge < -0.3 is 15.4 Å². The number of nitrogens with zero attached hydrogens (tertiary/aromatic N) is 2. The van der Waals surface area contributed by atoms with E-state index in [-0.39, 0.29) is 24.0 Å². The van der Waals surface area contributed by atoms with Crippen molar-refractivity contribution >= 4 is 5.96 Å². The Morgan fingerprint density at radius 2 is 2.11 bits per heavy atom. The molecule has 1 aliphatic rings. The first-order valence-electron chi connectivity index (χ1n) is 9.43. The van der Waals surface area contributed by atoms with E-state index in [0.29, 0.717) is 23.6 Å². The fourth-order valence-corrected chi connectivity index (χ4v) is 3.35. The molecule has 0 radical (unpaired) electrons. The van der Waals surface area contributed by atoms with Gasteiger partial charge in [0, 0.05) is 24.1 Å². The topological polar surface area (TPSA) is 69.4 Å². The lowest BCUT2D eigenvalue weighted by atomic mass is 9.90. The maximum absolute atomic E-state index is 14.1. The summed E-state index contributed by atoms with van der Waals surface area (Å²) in [5.74, 6) is 1.10. The van der Waals surface area contributed by atoms with Crippen molar-refractivity contribution in [1.29, 1.82) is 5.26 Å². The monoisotopic (exact) mass is 380 g/mol. The summed E-state index contributed by atoms with van der Waals surface area (Å²) in [4.78, 5) is 4.54. The fourth-order valence-electron chi connectivity index (χ4n) is 3.35. The number of hydrogen-bond acceptors (Lipinski definition) is 3. The van der Waals surface area contributed by atoms with E-state index in [4.69, 9.17) is 10.00 Å². The number of fused-ring (bicyclic) bond motifs is 1. The molecule has 5 nitrogen and oxygen atoms in total. The van der Waals surface area contributed by atoms with E-state index in [1.54, 1.807) is 0 Å². The summed E-state index contributed by atoms with van der Waals surface area (Å²) in [6, 6.07) is 14.3. The van der Waals surface area contributed by atoms with Gasteiger partial charge in [-0.25, -0.2) is 9.38 Å². The SMILES string of the molecule is CCNC(=NCc1cc(C#N)ccc1F)NC1CC(C)(C)Oc2ccccc21. The minimum atomic E-state index is -0.365. The summed E-state index contributed by atoms with van der Waals surface area (Å²) in [5, 5.41) is 15.7. The van der Waals surface area contributed by atoms with Crippen molar-refractivity contribution in [2.45, 2.75) is 45.4 Å². The molecule has 2 aromatic rings. The first-order valence-corrected chi connectivity index (χ1v) is 9.43. The van der Waals surface area contributed by atoms with Crippen molar-refractivity contribution < 1.29 is 9.13 Å². The Labute approximate surface area is 165 Å². The van der Waals surface area contributed by atoms with Gasteiger partial charge >= 0.3 is 0 Å². The van der Waals surface area contributed by atoms with Crippen molar-refractivity contribution in [2.24, 2.45) is 4.99 Å². The predicted octanol–water partition coefficient (Wildman–Crippen LogP) is 4.05. The number of nitriles is 1. The molecule has 0 saturated carbocycles. The van der Waals surface area contributed by atoms with Gasteiger partial charge in [0.1, 0.15) is 17.2 Å². The number of nitrogens with one attached hydrogen (secondary N) is 2. The van der Waals surface area contributed by atoms with Crippen LogP contribution in [-0.2, 0) is 6.54 Å². The molecule has 0 aliphatic carbocycles. The molecule has 146 valence electrons. The van der Waals surface area contributed by atoms with Crippen LogP contribution >= 0.6 is 0 Å². The van der Waals surface area contributed by atoms with Crippen molar-refractivity contribution in [1.82, 2.24) is 10.6 Å². The molecular formula is C22H25FN4O. The molecular weight excluding hydrogens is 355 g/mol. The number of rotatable bonds is 4. The third-order valence-corrected chi connectivity index (χ3v) is 4.61. The van der Waals surface area contributed by atoms with Crippen LogP contribution in [0, 0.1) is 17.1 Å². The Morgan fingerprint density at radius 1 is 1.32 bits per heavy atom. The number of benzene rings is 2. The minimum absolute atomic E-state index is 0.0213. The zero-order chi connectivity index (χ0) is 20.1. The number of aliphatic imine (C=N–C) groups is 1. The standard InChI is InChI=1S/C22H25FN4O/c1-4-25-21(26-14-16-11-15(13-24)9-10-18(16)23)27-19-12-22(2,3)28-20-8-6-5-7-17(19)20/h5-11,19H,4,12,14H2,1-3H3,(H2,25,26,27). The second kappa shape index (κ2) is 8.30. The molecule has 1 aliphatic heterocycles. The van der Waals surface area contributed by atoms with E-state index < -0.39 is 0 Å². The van der Waals surface area contributed by atoms with Gasteiger partial charge in [-0.15, -0.1) is 0 Å². The summed E-state index contributed by atoms with van der Waals surface area (Å²) in [7, 11) is 0. The van der Waals surface area contributed by atoms with Gasteiger partial charge in [-0.3, -0.25) is 0 Å². The molecule has 1 atom stereocenters. The minimum Gasteiger partial charge on any atom is -0.487 e. The highest BCUT2D eigenvalue weighted by Gasteiger charge is 2.33. The summed E-state index contributed by atoms with van der Waals surface area (Å²) < 4.78 is 20.1. The molecule has 0 saturated heterocycles. The van der Waals surface area contributed by atoms with Crippen LogP contribution in [0.1, 0.15) is 49.9 Å². The van der Waals surface area contributed by atoms with Crippen molar-refractivity contribution in [3.8, 4) is 11.8 Å². The fraction of sp³-hybridized carbons (Fsp3) is 0.364. The first-order chi connectivity index (χ1) is 13.4. The maximum Gasteiger partial charge on any atom is 0.192 e. The van der Waals surface area contributed by atoms with Gasteiger partial charge in [-0.2, -0.15) is 5.26 Å². The number of guanidine groups is 1. The van der Waals surface area contributed by atoms with E-state index in [1.807, 2.05) is 37.3 Å². The van der Waals surface area contributed by atoms with E-state index in [0.717, 1.165) is 17.7 Å². The van der Waals surface area contributed by atoms with Crippen LogP contribution in [0.2, 0.25) is 0 Å². The highest BCUT2D eigenvalue weighted by atomic mass is 19.1. The van der Waals surface area contributed by atoms with E-state index in [1.165, 1.54) is 18.2 Å². The molecule has 28 heavy (non-hydrogen) atoms. The number of ether oxygens (including phenoxy) is 1. The lowest BCUT2D eigenvalue weighted by molar-refractivity contribution is 0.0694. The number of halogens is 1.